The molecule has 49 heavy (non-hydrogen) atoms. The summed E-state index contributed by atoms with van der Waals surface area (Å²) in [7, 11) is 0. The van der Waals surface area contributed by atoms with Gasteiger partial charge in [-0.1, -0.05) is 45.8 Å². The lowest BCUT2D eigenvalue weighted by molar-refractivity contribution is -0.157. The highest BCUT2D eigenvalue weighted by Gasteiger charge is 2.60. The summed E-state index contributed by atoms with van der Waals surface area (Å²) in [6.07, 6.45) is 20.4. The summed E-state index contributed by atoms with van der Waals surface area (Å²) in [5.41, 5.74) is 4.90. The lowest BCUT2D eigenvalue weighted by Crippen LogP contribution is -2.51. The molecule has 7 aliphatic carbocycles. The predicted octanol–water partition coefficient (Wildman–Crippen LogP) is 10.1. The molecule has 0 amide bonds. The molecule has 5 heteroatoms. The Labute approximate surface area is 295 Å². The minimum atomic E-state index is 0.00492. The number of carbonyl (C=O) groups is 3. The highest BCUT2D eigenvalue weighted by atomic mass is 16.5. The molecule has 268 valence electrons. The van der Waals surface area contributed by atoms with Crippen molar-refractivity contribution in [2.45, 2.75) is 156 Å². The lowest BCUT2D eigenvalue weighted by atomic mass is 9.47. The van der Waals surface area contributed by atoms with Crippen LogP contribution >= 0.6 is 0 Å². The van der Waals surface area contributed by atoms with Crippen LogP contribution in [0.3, 0.4) is 0 Å². The minimum Gasteiger partial charge on any atom is -0.508 e. The van der Waals surface area contributed by atoms with E-state index >= 15 is 0 Å². The highest BCUT2D eigenvalue weighted by molar-refractivity contribution is 5.91. The maximum absolute atomic E-state index is 12.2. The Morgan fingerprint density at radius 3 is 2.35 bits per heavy atom. The summed E-state index contributed by atoms with van der Waals surface area (Å²) in [4.78, 5) is 36.2. The van der Waals surface area contributed by atoms with Crippen molar-refractivity contribution in [1.82, 2.24) is 0 Å². The number of carbonyl (C=O) groups excluding carboxylic acids is 3. The lowest BCUT2D eigenvalue weighted by Gasteiger charge is -2.58. The van der Waals surface area contributed by atoms with Gasteiger partial charge < -0.3 is 9.84 Å². The molecule has 5 fully saturated rings. The van der Waals surface area contributed by atoms with Gasteiger partial charge in [-0.25, -0.2) is 0 Å². The molecule has 1 aromatic rings. The van der Waals surface area contributed by atoms with Gasteiger partial charge in [-0.15, -0.1) is 0 Å². The summed E-state index contributed by atoms with van der Waals surface area (Å²) >= 11 is 0. The van der Waals surface area contributed by atoms with Crippen LogP contribution in [-0.4, -0.2) is 28.7 Å². The van der Waals surface area contributed by atoms with Gasteiger partial charge >= 0.3 is 5.97 Å². The third-order valence-electron chi connectivity index (χ3n) is 16.1. The van der Waals surface area contributed by atoms with Crippen LogP contribution < -0.4 is 0 Å². The SMILES string of the molecule is CC(=O)[C@H]1CC[C@H]2[C@@H]3CCC4=CC(=O)CC[C@]4(C)[C@H]3CC[C@]12C.CCCCC(=O)O[C@H]1CC[C@H]2[C@@H]3CCc4cc(O)ccc4[C@H]3CC[C@]12C. The van der Waals surface area contributed by atoms with E-state index in [1.807, 2.05) is 18.2 Å². The van der Waals surface area contributed by atoms with Crippen molar-refractivity contribution in [2.24, 2.45) is 51.8 Å². The fourth-order valence-corrected chi connectivity index (χ4v) is 13.5. The number of fused-ring (bicyclic) bond motifs is 10. The number of phenols is 1. The molecule has 0 aromatic heterocycles. The molecule has 0 heterocycles. The fraction of sp³-hybridized carbons (Fsp3) is 0.750. The van der Waals surface area contributed by atoms with E-state index in [-0.39, 0.29) is 28.3 Å². The van der Waals surface area contributed by atoms with Crippen molar-refractivity contribution in [2.75, 3.05) is 0 Å². The molecule has 7 aliphatic rings. The summed E-state index contributed by atoms with van der Waals surface area (Å²) in [5, 5.41) is 9.81. The number of benzene rings is 1. The number of ether oxygens (including phenoxy) is 1. The van der Waals surface area contributed by atoms with Crippen molar-refractivity contribution in [1.29, 1.82) is 0 Å². The average Bonchev–Trinajstić information content (AvgIpc) is 3.60. The summed E-state index contributed by atoms with van der Waals surface area (Å²) in [6, 6.07) is 5.97. The van der Waals surface area contributed by atoms with Crippen molar-refractivity contribution in [3.05, 3.63) is 41.0 Å². The van der Waals surface area contributed by atoms with Crippen LogP contribution in [0.4, 0.5) is 0 Å². The second-order valence-corrected chi connectivity index (χ2v) is 18.3. The van der Waals surface area contributed by atoms with Crippen molar-refractivity contribution in [3.63, 3.8) is 0 Å². The van der Waals surface area contributed by atoms with Crippen molar-refractivity contribution < 1.29 is 24.2 Å². The standard InChI is InChI=1S/C23H32O3.C21H30O2/c1-3-4-5-22(25)26-21-11-10-20-19-8-6-15-14-16(24)7-9-17(15)18(19)12-13-23(20,21)2;1-13(22)17-6-7-18-16-5-4-14-12-15(23)8-10-20(14,2)19(16)9-11-21(17,18)3/h7,9,14,18-21,24H,3-6,8,10-13H2,1-2H3;12,16-19H,4-11H2,1-3H3/t18-,19-,20+,21+,23+;16-,17+,18-,19-,20-,21+/m10/s1. The number of hydrogen-bond donors (Lipinski definition) is 1. The van der Waals surface area contributed by atoms with E-state index in [1.165, 1.54) is 61.6 Å². The number of esters is 1. The Balaban J connectivity index is 0.000000155. The minimum absolute atomic E-state index is 0.00492. The van der Waals surface area contributed by atoms with E-state index in [1.54, 1.807) is 6.92 Å². The van der Waals surface area contributed by atoms with Crippen molar-refractivity contribution >= 4 is 17.5 Å². The van der Waals surface area contributed by atoms with E-state index in [2.05, 4.69) is 33.8 Å². The number of unbranched alkanes of at least 4 members (excludes halogenated alkanes) is 1. The van der Waals surface area contributed by atoms with Gasteiger partial charge in [0.1, 0.15) is 17.6 Å². The van der Waals surface area contributed by atoms with Gasteiger partial charge in [0.05, 0.1) is 0 Å². The van der Waals surface area contributed by atoms with Crippen LogP contribution in [0.5, 0.6) is 5.75 Å². The number of hydrogen-bond acceptors (Lipinski definition) is 5. The zero-order valence-corrected chi connectivity index (χ0v) is 31.0. The van der Waals surface area contributed by atoms with Crippen LogP contribution in [-0.2, 0) is 25.5 Å². The first-order chi connectivity index (χ1) is 23.4. The molecular weight excluding hydrogens is 608 g/mol. The predicted molar refractivity (Wildman–Crippen MR) is 193 cm³/mol. The van der Waals surface area contributed by atoms with Crippen molar-refractivity contribution in [3.8, 4) is 5.75 Å². The molecule has 11 atom stereocenters. The maximum Gasteiger partial charge on any atom is 0.306 e. The molecule has 8 rings (SSSR count). The summed E-state index contributed by atoms with van der Waals surface area (Å²) < 4.78 is 5.98. The third kappa shape index (κ3) is 5.95. The first-order valence-corrected chi connectivity index (χ1v) is 20.1. The number of rotatable bonds is 5. The molecule has 0 radical (unpaired) electrons. The Hall–Kier alpha value is -2.43. The number of aromatic hydroxyl groups is 1. The molecule has 0 aliphatic heterocycles. The molecule has 1 N–H and O–H groups in total. The first kappa shape index (κ1) is 35.0. The topological polar surface area (TPSA) is 80.7 Å². The van der Waals surface area contributed by atoms with Gasteiger partial charge in [0.25, 0.3) is 0 Å². The largest absolute Gasteiger partial charge is 0.508 e. The van der Waals surface area contributed by atoms with Crippen LogP contribution in [0.2, 0.25) is 0 Å². The van der Waals surface area contributed by atoms with E-state index in [0.29, 0.717) is 47.4 Å². The molecule has 5 nitrogen and oxygen atoms in total. The van der Waals surface area contributed by atoms with Gasteiger partial charge in [-0.2, -0.15) is 0 Å². The van der Waals surface area contributed by atoms with Gasteiger partial charge in [-0.05, 0) is 172 Å². The zero-order chi connectivity index (χ0) is 34.7. The smallest absolute Gasteiger partial charge is 0.306 e. The van der Waals surface area contributed by atoms with Crippen LogP contribution in [0, 0.1) is 51.8 Å². The Bertz CT molecular complexity index is 1490. The maximum atomic E-state index is 12.2. The molecule has 0 unspecified atom stereocenters. The second-order valence-electron chi connectivity index (χ2n) is 18.3. The Morgan fingerprint density at radius 2 is 1.57 bits per heavy atom. The molecule has 0 saturated heterocycles. The van der Waals surface area contributed by atoms with E-state index < -0.39 is 0 Å². The van der Waals surface area contributed by atoms with Gasteiger partial charge in [0, 0.05) is 24.2 Å². The first-order valence-electron chi connectivity index (χ1n) is 20.1. The van der Waals surface area contributed by atoms with E-state index in [0.717, 1.165) is 75.5 Å². The highest BCUT2D eigenvalue weighted by Crippen LogP contribution is 2.67. The normalized spacial score (nSPS) is 41.7. The molecule has 0 bridgehead atoms. The van der Waals surface area contributed by atoms with E-state index in [4.69, 9.17) is 4.74 Å². The molecule has 1 aromatic carbocycles. The molecule has 0 spiro atoms. The Kier molecular flexibility index (Phi) is 9.48. The summed E-state index contributed by atoms with van der Waals surface area (Å²) in [6.45, 7) is 11.1. The fourth-order valence-electron chi connectivity index (χ4n) is 13.5. The number of Topliss-reactive ketones (excluding diaryl/α,β-unsaturated/α-hetero) is 1. The number of allylic oxidation sites excluding steroid dienone is 1. The van der Waals surface area contributed by atoms with Crippen LogP contribution in [0.1, 0.15) is 154 Å². The number of aryl methyl sites for hydroxylation is 1. The quantitative estimate of drug-likeness (QED) is 0.316. The van der Waals surface area contributed by atoms with Gasteiger partial charge in [0.15, 0.2) is 5.78 Å². The Morgan fingerprint density at radius 1 is 0.837 bits per heavy atom. The molecule has 5 saturated carbocycles. The van der Waals surface area contributed by atoms with Gasteiger partial charge in [-0.3, -0.25) is 14.4 Å². The monoisotopic (exact) mass is 670 g/mol. The average molecular weight is 671 g/mol. The van der Waals surface area contributed by atoms with Crippen LogP contribution in [0.25, 0.3) is 0 Å². The van der Waals surface area contributed by atoms with Gasteiger partial charge in [0.2, 0.25) is 0 Å². The molecular formula is C44H62O5. The number of ketones is 2. The summed E-state index contributed by atoms with van der Waals surface area (Å²) in [5.74, 6) is 5.66. The zero-order valence-electron chi connectivity index (χ0n) is 31.0. The van der Waals surface area contributed by atoms with Crippen LogP contribution in [0.15, 0.2) is 29.8 Å². The second kappa shape index (κ2) is 13.3. The number of phenolic OH excluding ortho intramolecular Hbond substituents is 1. The third-order valence-corrected chi connectivity index (χ3v) is 16.1. The van der Waals surface area contributed by atoms with E-state index in [9.17, 15) is 19.5 Å².